The molecule has 1 heterocycles. The minimum absolute atomic E-state index is 0.639. The molecule has 2 rings (SSSR count). The van der Waals surface area contributed by atoms with Gasteiger partial charge in [0, 0.05) is 17.4 Å². The third-order valence-corrected chi connectivity index (χ3v) is 2.43. The summed E-state index contributed by atoms with van der Waals surface area (Å²) in [4.78, 5) is 0. The van der Waals surface area contributed by atoms with Crippen LogP contribution in [0.2, 0.25) is 0 Å². The minimum atomic E-state index is 0.639. The molecule has 0 atom stereocenters. The van der Waals surface area contributed by atoms with Crippen molar-refractivity contribution in [2.75, 3.05) is 11.1 Å². The summed E-state index contributed by atoms with van der Waals surface area (Å²) < 4.78 is 4.98. The van der Waals surface area contributed by atoms with Crippen molar-refractivity contribution in [3.63, 3.8) is 0 Å². The lowest BCUT2D eigenvalue weighted by atomic mass is 10.2. The number of rotatable bonds is 3. The van der Waals surface area contributed by atoms with Gasteiger partial charge in [-0.1, -0.05) is 11.2 Å². The van der Waals surface area contributed by atoms with Crippen molar-refractivity contribution in [1.82, 2.24) is 5.16 Å². The van der Waals surface area contributed by atoms with Gasteiger partial charge in [-0.3, -0.25) is 0 Å². The second-order valence-corrected chi connectivity index (χ2v) is 3.85. The summed E-state index contributed by atoms with van der Waals surface area (Å²) >= 11 is 0. The fraction of sp³-hybridized carbons (Fsp3) is 0.250. The van der Waals surface area contributed by atoms with Gasteiger partial charge in [-0.25, -0.2) is 0 Å². The Morgan fingerprint density at radius 1 is 1.31 bits per heavy atom. The summed E-state index contributed by atoms with van der Waals surface area (Å²) in [6.07, 6.45) is 0. The zero-order chi connectivity index (χ0) is 11.5. The van der Waals surface area contributed by atoms with E-state index in [1.807, 2.05) is 38.1 Å². The lowest BCUT2D eigenvalue weighted by molar-refractivity contribution is 0.391. The maximum atomic E-state index is 5.82. The number of nitrogens with two attached hydrogens (primary N) is 1. The van der Waals surface area contributed by atoms with Crippen LogP contribution in [0.15, 0.2) is 28.8 Å². The highest BCUT2D eigenvalue weighted by Crippen LogP contribution is 2.17. The maximum absolute atomic E-state index is 5.82. The van der Waals surface area contributed by atoms with Gasteiger partial charge in [0.2, 0.25) is 0 Å². The van der Waals surface area contributed by atoms with Crippen LogP contribution in [-0.4, -0.2) is 5.16 Å². The topological polar surface area (TPSA) is 64.1 Å². The van der Waals surface area contributed by atoms with E-state index < -0.39 is 0 Å². The first-order valence-corrected chi connectivity index (χ1v) is 5.17. The summed E-state index contributed by atoms with van der Waals surface area (Å²) in [6, 6.07) is 7.82. The molecule has 0 spiro atoms. The van der Waals surface area contributed by atoms with E-state index in [0.29, 0.717) is 6.54 Å². The molecule has 2 aromatic rings. The first-order chi connectivity index (χ1) is 7.65. The third kappa shape index (κ3) is 2.34. The summed E-state index contributed by atoms with van der Waals surface area (Å²) in [5, 5.41) is 7.14. The normalized spacial score (nSPS) is 10.4. The van der Waals surface area contributed by atoms with Crippen LogP contribution in [0.1, 0.15) is 17.0 Å². The number of nitrogens with zero attached hydrogens (tertiary/aromatic N) is 1. The van der Waals surface area contributed by atoms with Gasteiger partial charge in [0.25, 0.3) is 0 Å². The van der Waals surface area contributed by atoms with E-state index in [1.54, 1.807) is 0 Å². The summed E-state index contributed by atoms with van der Waals surface area (Å²) in [5.41, 5.74) is 9.57. The molecular formula is C12H15N3O. The van der Waals surface area contributed by atoms with E-state index in [9.17, 15) is 0 Å². The molecule has 0 aliphatic rings. The van der Waals surface area contributed by atoms with Crippen molar-refractivity contribution in [3.05, 3.63) is 41.3 Å². The molecule has 1 aromatic carbocycles. The molecule has 16 heavy (non-hydrogen) atoms. The minimum Gasteiger partial charge on any atom is -0.398 e. The van der Waals surface area contributed by atoms with Crippen LogP contribution in [0, 0.1) is 13.8 Å². The van der Waals surface area contributed by atoms with Crippen LogP contribution in [0.5, 0.6) is 0 Å². The van der Waals surface area contributed by atoms with Crippen molar-refractivity contribution in [2.45, 2.75) is 20.4 Å². The van der Waals surface area contributed by atoms with Gasteiger partial charge in [0.15, 0.2) is 0 Å². The van der Waals surface area contributed by atoms with Gasteiger partial charge in [0.1, 0.15) is 11.5 Å². The Kier molecular flexibility index (Phi) is 2.81. The van der Waals surface area contributed by atoms with Crippen LogP contribution in [0.4, 0.5) is 11.4 Å². The number of aromatic nitrogens is 1. The molecule has 0 aliphatic carbocycles. The predicted molar refractivity (Wildman–Crippen MR) is 64.2 cm³/mol. The van der Waals surface area contributed by atoms with E-state index in [1.165, 1.54) is 0 Å². The van der Waals surface area contributed by atoms with Gasteiger partial charge in [-0.15, -0.1) is 0 Å². The molecule has 0 fully saturated rings. The summed E-state index contributed by atoms with van der Waals surface area (Å²) in [6.45, 7) is 4.50. The number of hydrogen-bond donors (Lipinski definition) is 2. The highest BCUT2D eigenvalue weighted by Gasteiger charge is 2.01. The standard InChI is InChI=1S/C12H15N3O/c1-8-3-4-10(6-12(8)13)14-7-11-5-9(2)16-15-11/h3-6,14H,7,13H2,1-2H3. The van der Waals surface area contributed by atoms with Gasteiger partial charge >= 0.3 is 0 Å². The van der Waals surface area contributed by atoms with E-state index in [4.69, 9.17) is 10.3 Å². The van der Waals surface area contributed by atoms with Crippen molar-refractivity contribution in [1.29, 1.82) is 0 Å². The Hall–Kier alpha value is -1.97. The van der Waals surface area contributed by atoms with Crippen LogP contribution in [-0.2, 0) is 6.54 Å². The molecule has 4 nitrogen and oxygen atoms in total. The van der Waals surface area contributed by atoms with Crippen LogP contribution in [0.25, 0.3) is 0 Å². The first kappa shape index (κ1) is 10.5. The van der Waals surface area contributed by atoms with Gasteiger partial charge < -0.3 is 15.6 Å². The van der Waals surface area contributed by atoms with Crippen molar-refractivity contribution in [2.24, 2.45) is 0 Å². The molecule has 0 bridgehead atoms. The molecule has 1 aromatic heterocycles. The molecule has 4 heteroatoms. The Balaban J connectivity index is 2.02. The van der Waals surface area contributed by atoms with Gasteiger partial charge in [-0.05, 0) is 31.5 Å². The molecule has 0 radical (unpaired) electrons. The lowest BCUT2D eigenvalue weighted by Gasteiger charge is -2.06. The number of nitrogen functional groups attached to an aromatic ring is 1. The lowest BCUT2D eigenvalue weighted by Crippen LogP contribution is -2.00. The van der Waals surface area contributed by atoms with Crippen LogP contribution in [0.3, 0.4) is 0 Å². The quantitative estimate of drug-likeness (QED) is 0.775. The van der Waals surface area contributed by atoms with E-state index in [0.717, 1.165) is 28.4 Å². The largest absolute Gasteiger partial charge is 0.398 e. The zero-order valence-electron chi connectivity index (χ0n) is 9.45. The second-order valence-electron chi connectivity index (χ2n) is 3.85. The van der Waals surface area contributed by atoms with Crippen LogP contribution >= 0.6 is 0 Å². The first-order valence-electron chi connectivity index (χ1n) is 5.17. The Bertz CT molecular complexity index is 491. The van der Waals surface area contributed by atoms with E-state index in [2.05, 4.69) is 10.5 Å². The van der Waals surface area contributed by atoms with Crippen molar-refractivity contribution < 1.29 is 4.52 Å². The fourth-order valence-electron chi connectivity index (χ4n) is 1.44. The van der Waals surface area contributed by atoms with Crippen molar-refractivity contribution in [3.8, 4) is 0 Å². The highest BCUT2D eigenvalue weighted by molar-refractivity contribution is 5.58. The zero-order valence-corrected chi connectivity index (χ0v) is 9.45. The van der Waals surface area contributed by atoms with Crippen molar-refractivity contribution >= 4 is 11.4 Å². The molecule has 0 saturated heterocycles. The monoisotopic (exact) mass is 217 g/mol. The molecule has 0 aliphatic heterocycles. The summed E-state index contributed by atoms with van der Waals surface area (Å²) in [7, 11) is 0. The van der Waals surface area contributed by atoms with Gasteiger partial charge in [-0.2, -0.15) is 0 Å². The number of anilines is 2. The molecule has 3 N–H and O–H groups in total. The highest BCUT2D eigenvalue weighted by atomic mass is 16.5. The van der Waals surface area contributed by atoms with E-state index >= 15 is 0 Å². The second kappa shape index (κ2) is 4.26. The molecule has 0 saturated carbocycles. The van der Waals surface area contributed by atoms with Gasteiger partial charge in [0.05, 0.1) is 6.54 Å². The molecule has 0 amide bonds. The molecule has 84 valence electrons. The Labute approximate surface area is 94.4 Å². The third-order valence-electron chi connectivity index (χ3n) is 2.43. The number of nitrogens with one attached hydrogen (secondary N) is 1. The Morgan fingerprint density at radius 2 is 2.12 bits per heavy atom. The van der Waals surface area contributed by atoms with E-state index in [-0.39, 0.29) is 0 Å². The maximum Gasteiger partial charge on any atom is 0.133 e. The van der Waals surface area contributed by atoms with Crippen LogP contribution < -0.4 is 11.1 Å². The molecule has 0 unspecified atom stereocenters. The average molecular weight is 217 g/mol. The number of hydrogen-bond acceptors (Lipinski definition) is 4. The summed E-state index contributed by atoms with van der Waals surface area (Å²) in [5.74, 6) is 0.820. The number of aryl methyl sites for hydroxylation is 2. The molecular weight excluding hydrogens is 202 g/mol. The SMILES string of the molecule is Cc1cc(CNc2ccc(C)c(N)c2)no1. The average Bonchev–Trinajstić information content (AvgIpc) is 2.66. The number of benzene rings is 1. The Morgan fingerprint density at radius 3 is 2.75 bits per heavy atom. The fourth-order valence-corrected chi connectivity index (χ4v) is 1.44. The predicted octanol–water partition coefficient (Wildman–Crippen LogP) is 2.49. The smallest absolute Gasteiger partial charge is 0.133 e.